The number of nitrogens with zero attached hydrogens (tertiary/aromatic N) is 5. The molecule has 3 aromatic rings. The predicted molar refractivity (Wildman–Crippen MR) is 91.6 cm³/mol. The smallest absolute Gasteiger partial charge is 0.130 e. The van der Waals surface area contributed by atoms with Crippen LogP contribution in [0.1, 0.15) is 12.0 Å². The van der Waals surface area contributed by atoms with Crippen molar-refractivity contribution in [2.75, 3.05) is 18.5 Å². The lowest BCUT2D eigenvalue weighted by atomic mass is 10.1. The standard InChI is InChI=1S/C17H16ClN5/c1-22(6-2-7-23-8-5-20-12-23)17-9-13(11-19)15-10-14(18)3-4-16(15)21-17/h3-5,8-10,12H,2,6-7H2,1H3. The molecule has 0 bridgehead atoms. The molecule has 0 aliphatic rings. The molecule has 2 aromatic heterocycles. The van der Waals surface area contributed by atoms with Crippen LogP contribution in [0.4, 0.5) is 5.82 Å². The number of benzene rings is 1. The molecule has 116 valence electrons. The van der Waals surface area contributed by atoms with Crippen LogP contribution in [0.15, 0.2) is 43.0 Å². The van der Waals surface area contributed by atoms with Crippen molar-refractivity contribution in [3.63, 3.8) is 0 Å². The van der Waals surface area contributed by atoms with Gasteiger partial charge in [-0.05, 0) is 30.7 Å². The van der Waals surface area contributed by atoms with Gasteiger partial charge in [0.15, 0.2) is 0 Å². The van der Waals surface area contributed by atoms with E-state index in [0.29, 0.717) is 10.6 Å². The molecule has 0 amide bonds. The molecule has 0 spiro atoms. The maximum absolute atomic E-state index is 9.38. The van der Waals surface area contributed by atoms with Gasteiger partial charge in [0, 0.05) is 42.9 Å². The van der Waals surface area contributed by atoms with Crippen molar-refractivity contribution in [1.82, 2.24) is 14.5 Å². The molecule has 1 aromatic carbocycles. The first-order valence-electron chi connectivity index (χ1n) is 7.34. The van der Waals surface area contributed by atoms with Gasteiger partial charge in [-0.2, -0.15) is 5.26 Å². The zero-order valence-electron chi connectivity index (χ0n) is 12.8. The van der Waals surface area contributed by atoms with Crippen LogP contribution >= 0.6 is 11.6 Å². The summed E-state index contributed by atoms with van der Waals surface area (Å²) in [5.41, 5.74) is 1.37. The monoisotopic (exact) mass is 325 g/mol. The third-order valence-electron chi connectivity index (χ3n) is 3.74. The molecule has 0 atom stereocenters. The van der Waals surface area contributed by atoms with Gasteiger partial charge in [-0.3, -0.25) is 0 Å². The molecule has 2 heterocycles. The van der Waals surface area contributed by atoms with Crippen LogP contribution < -0.4 is 4.90 Å². The van der Waals surface area contributed by atoms with Crippen molar-refractivity contribution in [3.8, 4) is 6.07 Å². The van der Waals surface area contributed by atoms with E-state index in [2.05, 4.69) is 20.9 Å². The highest BCUT2D eigenvalue weighted by Crippen LogP contribution is 2.25. The summed E-state index contributed by atoms with van der Waals surface area (Å²) < 4.78 is 2.05. The van der Waals surface area contributed by atoms with Crippen LogP contribution in [0.2, 0.25) is 5.02 Å². The Balaban J connectivity index is 1.79. The van der Waals surface area contributed by atoms with Gasteiger partial charge < -0.3 is 9.47 Å². The first-order valence-corrected chi connectivity index (χ1v) is 7.72. The molecule has 0 radical (unpaired) electrons. The molecule has 0 aliphatic heterocycles. The number of aryl methyl sites for hydroxylation is 1. The highest BCUT2D eigenvalue weighted by atomic mass is 35.5. The third kappa shape index (κ3) is 3.43. The fourth-order valence-corrected chi connectivity index (χ4v) is 2.67. The Morgan fingerprint density at radius 3 is 2.96 bits per heavy atom. The van der Waals surface area contributed by atoms with Crippen molar-refractivity contribution in [2.45, 2.75) is 13.0 Å². The van der Waals surface area contributed by atoms with E-state index in [0.717, 1.165) is 36.2 Å². The molecule has 0 N–H and O–H groups in total. The molecular formula is C17H16ClN5. The molecule has 6 heteroatoms. The Kier molecular flexibility index (Phi) is 4.45. The SMILES string of the molecule is CN(CCCn1ccnc1)c1cc(C#N)c2cc(Cl)ccc2n1. The number of anilines is 1. The van der Waals surface area contributed by atoms with E-state index in [1.54, 1.807) is 18.3 Å². The first kappa shape index (κ1) is 15.3. The predicted octanol–water partition coefficient (Wildman–Crippen LogP) is 3.48. The number of hydrogen-bond donors (Lipinski definition) is 0. The second-order valence-electron chi connectivity index (χ2n) is 5.38. The number of nitriles is 1. The van der Waals surface area contributed by atoms with Gasteiger partial charge in [-0.15, -0.1) is 0 Å². The number of aromatic nitrogens is 3. The summed E-state index contributed by atoms with van der Waals surface area (Å²) in [6.45, 7) is 1.74. The average molecular weight is 326 g/mol. The summed E-state index contributed by atoms with van der Waals surface area (Å²) in [7, 11) is 1.99. The highest BCUT2D eigenvalue weighted by molar-refractivity contribution is 6.31. The number of halogens is 1. The molecule has 0 fully saturated rings. The Labute approximate surface area is 139 Å². The van der Waals surface area contributed by atoms with E-state index < -0.39 is 0 Å². The Morgan fingerprint density at radius 2 is 2.22 bits per heavy atom. The molecule has 3 rings (SSSR count). The fourth-order valence-electron chi connectivity index (χ4n) is 2.50. The van der Waals surface area contributed by atoms with E-state index in [4.69, 9.17) is 11.6 Å². The van der Waals surface area contributed by atoms with Crippen LogP contribution in [0.5, 0.6) is 0 Å². The molecule has 0 saturated carbocycles. The number of hydrogen-bond acceptors (Lipinski definition) is 4. The number of pyridine rings is 1. The third-order valence-corrected chi connectivity index (χ3v) is 3.97. The second-order valence-corrected chi connectivity index (χ2v) is 5.81. The van der Waals surface area contributed by atoms with Crippen molar-refractivity contribution in [1.29, 1.82) is 5.26 Å². The lowest BCUT2D eigenvalue weighted by Gasteiger charge is -2.19. The summed E-state index contributed by atoms with van der Waals surface area (Å²) in [6.07, 6.45) is 6.51. The molecule has 5 nitrogen and oxygen atoms in total. The molecule has 0 unspecified atom stereocenters. The number of rotatable bonds is 5. The maximum atomic E-state index is 9.38. The summed E-state index contributed by atoms with van der Waals surface area (Å²) >= 11 is 6.01. The van der Waals surface area contributed by atoms with Crippen LogP contribution in [0.25, 0.3) is 10.9 Å². The minimum Gasteiger partial charge on any atom is -0.360 e. The summed E-state index contributed by atoms with van der Waals surface area (Å²) in [6, 6.07) is 9.47. The molecule has 0 saturated heterocycles. The lowest BCUT2D eigenvalue weighted by Crippen LogP contribution is -2.21. The minimum absolute atomic E-state index is 0.592. The zero-order chi connectivity index (χ0) is 16.2. The van der Waals surface area contributed by atoms with Crippen molar-refractivity contribution in [3.05, 3.63) is 53.6 Å². The first-order chi connectivity index (χ1) is 11.2. The van der Waals surface area contributed by atoms with Gasteiger partial charge in [0.2, 0.25) is 0 Å². The molecule has 23 heavy (non-hydrogen) atoms. The van der Waals surface area contributed by atoms with Crippen LogP contribution in [-0.4, -0.2) is 28.1 Å². The van der Waals surface area contributed by atoms with Gasteiger partial charge >= 0.3 is 0 Å². The van der Waals surface area contributed by atoms with Gasteiger partial charge in [-0.1, -0.05) is 11.6 Å². The largest absolute Gasteiger partial charge is 0.360 e. The van der Waals surface area contributed by atoms with Crippen molar-refractivity contribution >= 4 is 28.3 Å². The molecule has 0 aliphatic carbocycles. The topological polar surface area (TPSA) is 57.7 Å². The van der Waals surface area contributed by atoms with E-state index in [1.807, 2.05) is 36.3 Å². The van der Waals surface area contributed by atoms with Crippen LogP contribution in [0, 0.1) is 11.3 Å². The van der Waals surface area contributed by atoms with Crippen molar-refractivity contribution < 1.29 is 0 Å². The Hall–Kier alpha value is -2.58. The Bertz CT molecular complexity index is 851. The lowest BCUT2D eigenvalue weighted by molar-refractivity contribution is 0.636. The highest BCUT2D eigenvalue weighted by Gasteiger charge is 2.09. The number of fused-ring (bicyclic) bond motifs is 1. The average Bonchev–Trinajstić information content (AvgIpc) is 3.07. The maximum Gasteiger partial charge on any atom is 0.130 e. The Morgan fingerprint density at radius 1 is 1.35 bits per heavy atom. The number of imidazole rings is 1. The van der Waals surface area contributed by atoms with Gasteiger partial charge in [0.05, 0.1) is 23.5 Å². The van der Waals surface area contributed by atoms with Crippen LogP contribution in [0.3, 0.4) is 0 Å². The van der Waals surface area contributed by atoms with Gasteiger partial charge in [0.25, 0.3) is 0 Å². The molecular weight excluding hydrogens is 310 g/mol. The van der Waals surface area contributed by atoms with E-state index >= 15 is 0 Å². The van der Waals surface area contributed by atoms with Crippen molar-refractivity contribution in [2.24, 2.45) is 0 Å². The van der Waals surface area contributed by atoms with E-state index in [1.165, 1.54) is 0 Å². The van der Waals surface area contributed by atoms with E-state index in [-0.39, 0.29) is 0 Å². The summed E-state index contributed by atoms with van der Waals surface area (Å²) in [4.78, 5) is 10.7. The van der Waals surface area contributed by atoms with Gasteiger partial charge in [0.1, 0.15) is 5.82 Å². The summed E-state index contributed by atoms with van der Waals surface area (Å²) in [5.74, 6) is 0.794. The van der Waals surface area contributed by atoms with E-state index in [9.17, 15) is 5.26 Å². The van der Waals surface area contributed by atoms with Crippen LogP contribution in [-0.2, 0) is 6.54 Å². The normalized spacial score (nSPS) is 10.7. The zero-order valence-corrected chi connectivity index (χ0v) is 13.5. The fraction of sp³-hybridized carbons (Fsp3) is 0.235. The quantitative estimate of drug-likeness (QED) is 0.720. The summed E-state index contributed by atoms with van der Waals surface area (Å²) in [5, 5.41) is 10.8. The minimum atomic E-state index is 0.592. The van der Waals surface area contributed by atoms with Gasteiger partial charge in [-0.25, -0.2) is 9.97 Å². The second kappa shape index (κ2) is 6.67.